The lowest BCUT2D eigenvalue weighted by Crippen LogP contribution is -2.17. The van der Waals surface area contributed by atoms with Crippen LogP contribution in [0.2, 0.25) is 0 Å². The fourth-order valence-electron chi connectivity index (χ4n) is 3.20. The maximum atomic E-state index is 5.33. The topological polar surface area (TPSA) is 78.2 Å². The predicted molar refractivity (Wildman–Crippen MR) is 105 cm³/mol. The Kier molecular flexibility index (Phi) is 5.55. The first kappa shape index (κ1) is 19.0. The van der Waals surface area contributed by atoms with E-state index in [0.29, 0.717) is 17.9 Å². The molecule has 144 valence electrons. The Labute approximate surface area is 159 Å². The van der Waals surface area contributed by atoms with Gasteiger partial charge in [0.1, 0.15) is 11.6 Å². The van der Waals surface area contributed by atoms with Gasteiger partial charge < -0.3 is 14.4 Å². The zero-order chi connectivity index (χ0) is 19.6. The van der Waals surface area contributed by atoms with E-state index in [0.717, 1.165) is 34.9 Å². The standard InChI is InChI=1S/C19H26N6O2/c1-7-14(11-26-5)25-19-17(22-23-25)18(20-13(3)21-19)24(4)16-9-8-15(27-6)10-12(16)2/h8-10,14H,7,11H2,1-6H3. The normalized spacial score (nSPS) is 12.4. The zero-order valence-electron chi connectivity index (χ0n) is 16.7. The summed E-state index contributed by atoms with van der Waals surface area (Å²) in [4.78, 5) is 11.3. The van der Waals surface area contributed by atoms with E-state index < -0.39 is 0 Å². The lowest BCUT2D eigenvalue weighted by molar-refractivity contribution is 0.148. The van der Waals surface area contributed by atoms with Crippen LogP contribution >= 0.6 is 0 Å². The van der Waals surface area contributed by atoms with Crippen molar-refractivity contribution in [1.82, 2.24) is 25.0 Å². The molecule has 27 heavy (non-hydrogen) atoms. The van der Waals surface area contributed by atoms with Gasteiger partial charge in [0, 0.05) is 19.8 Å². The van der Waals surface area contributed by atoms with Crippen LogP contribution in [-0.2, 0) is 4.74 Å². The van der Waals surface area contributed by atoms with Gasteiger partial charge in [-0.25, -0.2) is 14.6 Å². The summed E-state index contributed by atoms with van der Waals surface area (Å²) in [5, 5.41) is 8.74. The summed E-state index contributed by atoms with van der Waals surface area (Å²) < 4.78 is 12.5. The highest BCUT2D eigenvalue weighted by atomic mass is 16.5. The van der Waals surface area contributed by atoms with Crippen molar-refractivity contribution in [3.05, 3.63) is 29.6 Å². The van der Waals surface area contributed by atoms with Crippen molar-refractivity contribution in [3.63, 3.8) is 0 Å². The average molecular weight is 370 g/mol. The highest BCUT2D eigenvalue weighted by Crippen LogP contribution is 2.32. The monoisotopic (exact) mass is 370 g/mol. The van der Waals surface area contributed by atoms with Gasteiger partial charge in [0.25, 0.3) is 0 Å². The largest absolute Gasteiger partial charge is 0.497 e. The summed E-state index contributed by atoms with van der Waals surface area (Å²) in [6, 6.07) is 6.03. The number of rotatable bonds is 7. The van der Waals surface area contributed by atoms with Gasteiger partial charge in [0.2, 0.25) is 0 Å². The Hall–Kier alpha value is -2.74. The third-order valence-electron chi connectivity index (χ3n) is 4.68. The number of benzene rings is 1. The molecule has 0 aliphatic rings. The predicted octanol–water partition coefficient (Wildman–Crippen LogP) is 3.21. The Balaban J connectivity index is 2.10. The minimum Gasteiger partial charge on any atom is -0.497 e. The van der Waals surface area contributed by atoms with Crippen molar-refractivity contribution in [2.24, 2.45) is 0 Å². The third-order valence-corrected chi connectivity index (χ3v) is 4.68. The van der Waals surface area contributed by atoms with Crippen LogP contribution in [0.4, 0.5) is 11.5 Å². The molecule has 0 radical (unpaired) electrons. The number of hydrogen-bond acceptors (Lipinski definition) is 7. The number of fused-ring (bicyclic) bond motifs is 1. The number of ether oxygens (including phenoxy) is 2. The minimum atomic E-state index is 0.0789. The Morgan fingerprint density at radius 3 is 2.59 bits per heavy atom. The molecular formula is C19H26N6O2. The van der Waals surface area contributed by atoms with Crippen LogP contribution in [0, 0.1) is 13.8 Å². The van der Waals surface area contributed by atoms with Crippen LogP contribution in [0.1, 0.15) is 30.8 Å². The molecule has 0 aliphatic heterocycles. The number of nitrogens with zero attached hydrogens (tertiary/aromatic N) is 6. The molecule has 0 saturated carbocycles. The summed E-state index contributed by atoms with van der Waals surface area (Å²) >= 11 is 0. The van der Waals surface area contributed by atoms with Gasteiger partial charge in [-0.15, -0.1) is 5.10 Å². The molecule has 0 bridgehead atoms. The second-order valence-corrected chi connectivity index (χ2v) is 6.53. The maximum Gasteiger partial charge on any atom is 0.184 e. The van der Waals surface area contributed by atoms with E-state index in [1.54, 1.807) is 14.2 Å². The highest BCUT2D eigenvalue weighted by molar-refractivity contribution is 5.86. The third kappa shape index (κ3) is 3.57. The van der Waals surface area contributed by atoms with Gasteiger partial charge in [-0.2, -0.15) is 0 Å². The first-order chi connectivity index (χ1) is 13.0. The number of anilines is 2. The quantitative estimate of drug-likeness (QED) is 0.632. The summed E-state index contributed by atoms with van der Waals surface area (Å²) in [6.45, 7) is 6.58. The molecule has 3 rings (SSSR count). The van der Waals surface area contributed by atoms with E-state index in [-0.39, 0.29) is 6.04 Å². The van der Waals surface area contributed by atoms with Gasteiger partial charge in [0.15, 0.2) is 17.0 Å². The zero-order valence-corrected chi connectivity index (χ0v) is 16.7. The van der Waals surface area contributed by atoms with Gasteiger partial charge in [0.05, 0.1) is 19.8 Å². The second-order valence-electron chi connectivity index (χ2n) is 6.53. The van der Waals surface area contributed by atoms with Gasteiger partial charge in [-0.3, -0.25) is 0 Å². The SMILES string of the molecule is CCC(COC)n1nnc2c(N(C)c3ccc(OC)cc3C)nc(C)nc21. The van der Waals surface area contributed by atoms with Crippen LogP contribution in [0.3, 0.4) is 0 Å². The maximum absolute atomic E-state index is 5.33. The molecule has 1 atom stereocenters. The number of aromatic nitrogens is 5. The van der Waals surface area contributed by atoms with Crippen molar-refractivity contribution >= 4 is 22.7 Å². The first-order valence-electron chi connectivity index (χ1n) is 8.97. The van der Waals surface area contributed by atoms with Crippen molar-refractivity contribution in [3.8, 4) is 5.75 Å². The van der Waals surface area contributed by atoms with Crippen molar-refractivity contribution < 1.29 is 9.47 Å². The lowest BCUT2D eigenvalue weighted by Gasteiger charge is -2.21. The molecule has 0 amide bonds. The van der Waals surface area contributed by atoms with Gasteiger partial charge >= 0.3 is 0 Å². The second kappa shape index (κ2) is 7.87. The molecule has 2 heterocycles. The van der Waals surface area contributed by atoms with Gasteiger partial charge in [-0.1, -0.05) is 12.1 Å². The number of hydrogen-bond donors (Lipinski definition) is 0. The van der Waals surface area contributed by atoms with Crippen LogP contribution in [-0.4, -0.2) is 52.8 Å². The smallest absolute Gasteiger partial charge is 0.184 e. The van der Waals surface area contributed by atoms with Crippen LogP contribution in [0.15, 0.2) is 18.2 Å². The molecule has 0 aliphatic carbocycles. The molecule has 1 aromatic carbocycles. The molecule has 0 saturated heterocycles. The number of aryl methyl sites for hydroxylation is 2. The van der Waals surface area contributed by atoms with Gasteiger partial charge in [-0.05, 0) is 44.0 Å². The molecule has 8 nitrogen and oxygen atoms in total. The van der Waals surface area contributed by atoms with E-state index in [9.17, 15) is 0 Å². The Bertz CT molecular complexity index is 939. The van der Waals surface area contributed by atoms with Crippen LogP contribution in [0.5, 0.6) is 5.75 Å². The van der Waals surface area contributed by atoms with E-state index in [4.69, 9.17) is 9.47 Å². The number of methoxy groups -OCH3 is 2. The molecule has 3 aromatic rings. The Morgan fingerprint density at radius 1 is 1.19 bits per heavy atom. The van der Waals surface area contributed by atoms with E-state index in [1.807, 2.05) is 48.7 Å². The molecule has 8 heteroatoms. The summed E-state index contributed by atoms with van der Waals surface area (Å²) in [5.41, 5.74) is 3.50. The van der Waals surface area contributed by atoms with Crippen LogP contribution < -0.4 is 9.64 Å². The molecule has 0 N–H and O–H groups in total. The molecule has 0 spiro atoms. The summed E-state index contributed by atoms with van der Waals surface area (Å²) in [5.74, 6) is 2.22. The lowest BCUT2D eigenvalue weighted by atomic mass is 10.1. The Morgan fingerprint density at radius 2 is 1.96 bits per heavy atom. The van der Waals surface area contributed by atoms with E-state index in [2.05, 4.69) is 27.2 Å². The van der Waals surface area contributed by atoms with E-state index in [1.165, 1.54) is 0 Å². The molecule has 1 unspecified atom stereocenters. The highest BCUT2D eigenvalue weighted by Gasteiger charge is 2.21. The van der Waals surface area contributed by atoms with E-state index >= 15 is 0 Å². The molecule has 2 aromatic heterocycles. The average Bonchev–Trinajstić information content (AvgIpc) is 3.08. The summed E-state index contributed by atoms with van der Waals surface area (Å²) in [6.07, 6.45) is 0.873. The van der Waals surface area contributed by atoms with Crippen molar-refractivity contribution in [2.45, 2.75) is 33.2 Å². The van der Waals surface area contributed by atoms with Crippen LogP contribution in [0.25, 0.3) is 11.2 Å². The fraction of sp³-hybridized carbons (Fsp3) is 0.474. The van der Waals surface area contributed by atoms with Crippen molar-refractivity contribution in [1.29, 1.82) is 0 Å². The van der Waals surface area contributed by atoms with Crippen molar-refractivity contribution in [2.75, 3.05) is 32.8 Å². The summed E-state index contributed by atoms with van der Waals surface area (Å²) in [7, 11) is 5.33. The molecular weight excluding hydrogens is 344 g/mol. The molecule has 0 fully saturated rings. The fourth-order valence-corrected chi connectivity index (χ4v) is 3.20. The first-order valence-corrected chi connectivity index (χ1v) is 8.97. The minimum absolute atomic E-state index is 0.0789.